The van der Waals surface area contributed by atoms with Gasteiger partial charge in [0, 0.05) is 13.0 Å². The molecule has 116 valence electrons. The SMILES string of the molecule is CC(C)(C)CC(O)CNS(=O)(=O)CCCC(F)(F)F. The highest BCUT2D eigenvalue weighted by atomic mass is 32.2. The topological polar surface area (TPSA) is 66.4 Å². The molecule has 0 aromatic heterocycles. The van der Waals surface area contributed by atoms with E-state index in [-0.39, 0.29) is 12.0 Å². The quantitative estimate of drug-likeness (QED) is 0.756. The van der Waals surface area contributed by atoms with Crippen LogP contribution in [0.3, 0.4) is 0 Å². The summed E-state index contributed by atoms with van der Waals surface area (Å²) in [5.74, 6) is -0.589. The second-order valence-corrected chi connectivity index (χ2v) is 7.73. The molecule has 0 radical (unpaired) electrons. The fraction of sp³-hybridized carbons (Fsp3) is 1.00. The van der Waals surface area contributed by atoms with E-state index >= 15 is 0 Å². The zero-order chi connectivity index (χ0) is 15.3. The molecule has 0 saturated carbocycles. The molecule has 0 rings (SSSR count). The van der Waals surface area contributed by atoms with Gasteiger partial charge in [-0.2, -0.15) is 13.2 Å². The first kappa shape index (κ1) is 18.7. The van der Waals surface area contributed by atoms with Crippen molar-refractivity contribution in [3.8, 4) is 0 Å². The van der Waals surface area contributed by atoms with Crippen LogP contribution in [-0.2, 0) is 10.0 Å². The Balaban J connectivity index is 4.04. The maximum atomic E-state index is 11.9. The van der Waals surface area contributed by atoms with Gasteiger partial charge < -0.3 is 5.11 Å². The Labute approximate surface area is 112 Å². The third kappa shape index (κ3) is 12.4. The van der Waals surface area contributed by atoms with Crippen LogP contribution >= 0.6 is 0 Å². The van der Waals surface area contributed by atoms with Gasteiger partial charge in [0.2, 0.25) is 10.0 Å². The highest BCUT2D eigenvalue weighted by Gasteiger charge is 2.27. The maximum Gasteiger partial charge on any atom is 0.389 e. The molecular weight excluding hydrogens is 283 g/mol. The molecule has 0 aromatic carbocycles. The number of sulfonamides is 1. The van der Waals surface area contributed by atoms with Crippen molar-refractivity contribution >= 4 is 10.0 Å². The highest BCUT2D eigenvalue weighted by molar-refractivity contribution is 7.89. The van der Waals surface area contributed by atoms with Gasteiger partial charge in [-0.25, -0.2) is 13.1 Å². The first-order valence-corrected chi connectivity index (χ1v) is 7.68. The number of aliphatic hydroxyl groups excluding tert-OH is 1. The number of nitrogens with one attached hydrogen (secondary N) is 1. The van der Waals surface area contributed by atoms with Crippen LogP contribution in [0.15, 0.2) is 0 Å². The van der Waals surface area contributed by atoms with Crippen molar-refractivity contribution in [3.63, 3.8) is 0 Å². The van der Waals surface area contributed by atoms with Crippen LogP contribution in [0, 0.1) is 5.41 Å². The van der Waals surface area contributed by atoms with Crippen molar-refractivity contribution in [1.29, 1.82) is 0 Å². The summed E-state index contributed by atoms with van der Waals surface area (Å²) in [6.07, 6.45) is -6.40. The van der Waals surface area contributed by atoms with Crippen LogP contribution in [0.25, 0.3) is 0 Å². The molecule has 19 heavy (non-hydrogen) atoms. The smallest absolute Gasteiger partial charge is 0.389 e. The number of halogens is 3. The minimum Gasteiger partial charge on any atom is -0.392 e. The number of hydrogen-bond donors (Lipinski definition) is 2. The van der Waals surface area contributed by atoms with Gasteiger partial charge in [0.05, 0.1) is 11.9 Å². The van der Waals surface area contributed by atoms with Crippen LogP contribution in [0.1, 0.15) is 40.0 Å². The van der Waals surface area contributed by atoms with Crippen LogP contribution in [0.2, 0.25) is 0 Å². The molecule has 0 amide bonds. The molecule has 0 aliphatic carbocycles. The normalized spacial score (nSPS) is 15.5. The van der Waals surface area contributed by atoms with Gasteiger partial charge in [0.1, 0.15) is 0 Å². The van der Waals surface area contributed by atoms with Crippen molar-refractivity contribution in [2.24, 2.45) is 5.41 Å². The summed E-state index contributed by atoms with van der Waals surface area (Å²) in [5.41, 5.74) is -0.152. The second-order valence-electron chi connectivity index (χ2n) is 5.80. The van der Waals surface area contributed by atoms with E-state index in [9.17, 15) is 26.7 Å². The van der Waals surface area contributed by atoms with Gasteiger partial charge >= 0.3 is 6.18 Å². The third-order valence-electron chi connectivity index (χ3n) is 2.26. The molecule has 1 unspecified atom stereocenters. The lowest BCUT2D eigenvalue weighted by molar-refractivity contribution is -0.134. The van der Waals surface area contributed by atoms with Gasteiger partial charge in [0.15, 0.2) is 0 Å². The van der Waals surface area contributed by atoms with Crippen molar-refractivity contribution in [2.45, 2.75) is 52.3 Å². The molecule has 0 aromatic rings. The summed E-state index contributed by atoms with van der Waals surface area (Å²) < 4.78 is 60.5. The first-order valence-electron chi connectivity index (χ1n) is 6.03. The Hall–Kier alpha value is -0.340. The van der Waals surface area contributed by atoms with Crippen molar-refractivity contribution in [1.82, 2.24) is 4.72 Å². The van der Waals surface area contributed by atoms with E-state index < -0.39 is 40.9 Å². The van der Waals surface area contributed by atoms with Crippen LogP contribution in [-0.4, -0.2) is 38.1 Å². The average Bonchev–Trinajstić information content (AvgIpc) is 2.09. The van der Waals surface area contributed by atoms with E-state index in [0.29, 0.717) is 6.42 Å². The molecule has 0 bridgehead atoms. The molecule has 0 aliphatic rings. The molecule has 8 heteroatoms. The fourth-order valence-corrected chi connectivity index (χ4v) is 2.65. The summed E-state index contributed by atoms with van der Waals surface area (Å²) in [4.78, 5) is 0. The molecule has 4 nitrogen and oxygen atoms in total. The molecule has 0 fully saturated rings. The Morgan fingerprint density at radius 2 is 1.74 bits per heavy atom. The lowest BCUT2D eigenvalue weighted by Gasteiger charge is -2.22. The van der Waals surface area contributed by atoms with Crippen LogP contribution in [0.5, 0.6) is 0 Å². The van der Waals surface area contributed by atoms with Gasteiger partial charge in [0.25, 0.3) is 0 Å². The van der Waals surface area contributed by atoms with Crippen molar-refractivity contribution in [3.05, 3.63) is 0 Å². The Kier molecular flexibility index (Phi) is 6.77. The lowest BCUT2D eigenvalue weighted by Crippen LogP contribution is -2.35. The van der Waals surface area contributed by atoms with E-state index in [1.54, 1.807) is 0 Å². The van der Waals surface area contributed by atoms with Crippen LogP contribution < -0.4 is 4.72 Å². The largest absolute Gasteiger partial charge is 0.392 e. The van der Waals surface area contributed by atoms with Crippen LogP contribution in [0.4, 0.5) is 13.2 Å². The third-order valence-corrected chi connectivity index (χ3v) is 3.69. The summed E-state index contributed by atoms with van der Waals surface area (Å²) >= 11 is 0. The first-order chi connectivity index (χ1) is 8.31. The molecule has 0 saturated heterocycles. The zero-order valence-corrected chi connectivity index (χ0v) is 12.2. The standard InChI is InChI=1S/C11H22F3NO3S/c1-10(2,3)7-9(16)8-15-19(17,18)6-4-5-11(12,13)14/h9,15-16H,4-8H2,1-3H3. The second kappa shape index (κ2) is 6.90. The Morgan fingerprint density at radius 3 is 2.16 bits per heavy atom. The Bertz CT molecular complexity index is 360. The van der Waals surface area contributed by atoms with Crippen molar-refractivity contribution in [2.75, 3.05) is 12.3 Å². The molecule has 1 atom stereocenters. The van der Waals surface area contributed by atoms with E-state index in [1.165, 1.54) is 0 Å². The average molecular weight is 305 g/mol. The summed E-state index contributed by atoms with van der Waals surface area (Å²) in [5, 5.41) is 9.60. The Morgan fingerprint density at radius 1 is 1.21 bits per heavy atom. The molecular formula is C11H22F3NO3S. The maximum absolute atomic E-state index is 11.9. The predicted octanol–water partition coefficient (Wildman–Crippen LogP) is 2.05. The molecule has 0 heterocycles. The predicted molar refractivity (Wildman–Crippen MR) is 67.2 cm³/mol. The zero-order valence-electron chi connectivity index (χ0n) is 11.4. The number of alkyl halides is 3. The van der Waals surface area contributed by atoms with E-state index in [2.05, 4.69) is 4.72 Å². The summed E-state index contributed by atoms with van der Waals surface area (Å²) in [6.45, 7) is 5.52. The molecule has 2 N–H and O–H groups in total. The molecule has 0 spiro atoms. The highest BCUT2D eigenvalue weighted by Crippen LogP contribution is 2.22. The molecule has 0 aliphatic heterocycles. The van der Waals surface area contributed by atoms with Gasteiger partial charge in [-0.05, 0) is 18.3 Å². The fourth-order valence-electron chi connectivity index (χ4n) is 1.54. The number of aliphatic hydroxyl groups is 1. The minimum absolute atomic E-state index is 0.152. The number of hydrogen-bond acceptors (Lipinski definition) is 3. The van der Waals surface area contributed by atoms with Gasteiger partial charge in [-0.3, -0.25) is 0 Å². The summed E-state index contributed by atoms with van der Waals surface area (Å²) in [7, 11) is -3.76. The monoisotopic (exact) mass is 305 g/mol. The van der Waals surface area contributed by atoms with Crippen molar-refractivity contribution < 1.29 is 26.7 Å². The van der Waals surface area contributed by atoms with E-state index in [4.69, 9.17) is 0 Å². The number of rotatable bonds is 7. The van der Waals surface area contributed by atoms with E-state index in [0.717, 1.165) is 0 Å². The van der Waals surface area contributed by atoms with Gasteiger partial charge in [-0.1, -0.05) is 20.8 Å². The lowest BCUT2D eigenvalue weighted by atomic mass is 9.89. The van der Waals surface area contributed by atoms with Gasteiger partial charge in [-0.15, -0.1) is 0 Å². The minimum atomic E-state index is -4.35. The van der Waals surface area contributed by atoms with E-state index in [1.807, 2.05) is 20.8 Å². The summed E-state index contributed by atoms with van der Waals surface area (Å²) in [6, 6.07) is 0.